The fraction of sp³-hybridized carbons (Fsp3) is 0.0625. The molecule has 0 fully saturated rings. The Morgan fingerprint density at radius 1 is 1.36 bits per heavy atom. The number of ether oxygens (including phenoxy) is 1. The molecule has 0 atom stereocenters. The third kappa shape index (κ3) is 4.08. The van der Waals surface area contributed by atoms with Crippen molar-refractivity contribution in [1.82, 2.24) is 9.97 Å². The van der Waals surface area contributed by atoms with Gasteiger partial charge in [-0.05, 0) is 12.1 Å². The second-order valence-corrected chi connectivity index (χ2v) is 4.69. The van der Waals surface area contributed by atoms with Crippen LogP contribution in [0, 0.1) is 11.6 Å². The Kier molecular flexibility index (Phi) is 5.62. The summed E-state index contributed by atoms with van der Waals surface area (Å²) in [6.07, 6.45) is 3.62. The molecule has 1 aromatic heterocycles. The van der Waals surface area contributed by atoms with Crippen molar-refractivity contribution in [3.8, 4) is 5.75 Å². The van der Waals surface area contributed by atoms with Crippen molar-refractivity contribution in [2.75, 3.05) is 18.2 Å². The number of amidine groups is 1. The van der Waals surface area contributed by atoms with Crippen molar-refractivity contribution in [3.05, 3.63) is 60.8 Å². The van der Waals surface area contributed by atoms with Crippen LogP contribution < -0.4 is 21.5 Å². The van der Waals surface area contributed by atoms with Gasteiger partial charge in [0.2, 0.25) is 0 Å². The van der Waals surface area contributed by atoms with Crippen LogP contribution in [0.5, 0.6) is 5.75 Å². The van der Waals surface area contributed by atoms with Gasteiger partial charge in [-0.2, -0.15) is 0 Å². The maximum absolute atomic E-state index is 14.3. The molecular formula is C16H16F2N6O. The summed E-state index contributed by atoms with van der Waals surface area (Å²) in [7, 11) is 1.27. The van der Waals surface area contributed by atoms with Crippen LogP contribution in [-0.4, -0.2) is 22.9 Å². The number of nitrogens with two attached hydrogens (primary N) is 2. The number of benzene rings is 1. The van der Waals surface area contributed by atoms with E-state index in [0.717, 1.165) is 12.3 Å². The highest BCUT2D eigenvalue weighted by molar-refractivity contribution is 6.27. The van der Waals surface area contributed by atoms with E-state index in [1.165, 1.54) is 31.8 Å². The monoisotopic (exact) mass is 346 g/mol. The molecule has 0 saturated carbocycles. The van der Waals surface area contributed by atoms with Gasteiger partial charge in [0.15, 0.2) is 11.6 Å². The van der Waals surface area contributed by atoms with E-state index in [1.807, 2.05) is 0 Å². The minimum Gasteiger partial charge on any atom is -0.494 e. The van der Waals surface area contributed by atoms with Crippen molar-refractivity contribution in [1.29, 1.82) is 0 Å². The first-order valence-electron chi connectivity index (χ1n) is 6.98. The lowest BCUT2D eigenvalue weighted by molar-refractivity contribution is 0.385. The topological polar surface area (TPSA) is 111 Å². The smallest absolute Gasteiger partial charge is 0.191 e. The average Bonchev–Trinajstić information content (AvgIpc) is 2.60. The molecule has 0 bridgehead atoms. The number of nitrogens with one attached hydrogen (secondary N) is 1. The van der Waals surface area contributed by atoms with Crippen molar-refractivity contribution in [3.63, 3.8) is 0 Å². The van der Waals surface area contributed by atoms with Crippen LogP contribution in [0.25, 0.3) is 5.57 Å². The number of anilines is 2. The number of nitrogen functional groups attached to an aromatic ring is 1. The zero-order chi connectivity index (χ0) is 18.4. The highest BCUT2D eigenvalue weighted by Crippen LogP contribution is 2.28. The molecule has 130 valence electrons. The molecule has 0 unspecified atom stereocenters. The first-order valence-corrected chi connectivity index (χ1v) is 6.98. The molecule has 7 nitrogen and oxygen atoms in total. The van der Waals surface area contributed by atoms with Crippen LogP contribution in [0.1, 0.15) is 5.69 Å². The lowest BCUT2D eigenvalue weighted by Crippen LogP contribution is -2.17. The Bertz CT molecular complexity index is 851. The Balaban J connectivity index is 2.45. The first kappa shape index (κ1) is 17.9. The Labute approximate surface area is 142 Å². The summed E-state index contributed by atoms with van der Waals surface area (Å²) in [6, 6.07) is 3.68. The van der Waals surface area contributed by atoms with Gasteiger partial charge in [-0.3, -0.25) is 0 Å². The highest BCUT2D eigenvalue weighted by Gasteiger charge is 2.18. The third-order valence-electron chi connectivity index (χ3n) is 3.09. The van der Waals surface area contributed by atoms with E-state index in [2.05, 4.69) is 26.9 Å². The van der Waals surface area contributed by atoms with Gasteiger partial charge in [0.1, 0.15) is 29.5 Å². The summed E-state index contributed by atoms with van der Waals surface area (Å²) in [5, 5.41) is 2.56. The number of rotatable bonds is 5. The molecule has 0 aliphatic rings. The number of halogens is 2. The van der Waals surface area contributed by atoms with E-state index in [4.69, 9.17) is 16.2 Å². The largest absolute Gasteiger partial charge is 0.494 e. The predicted octanol–water partition coefficient (Wildman–Crippen LogP) is 2.30. The van der Waals surface area contributed by atoms with E-state index < -0.39 is 17.3 Å². The van der Waals surface area contributed by atoms with Crippen LogP contribution in [-0.2, 0) is 0 Å². The van der Waals surface area contributed by atoms with E-state index in [-0.39, 0.29) is 23.0 Å². The van der Waals surface area contributed by atoms with Gasteiger partial charge in [-0.1, -0.05) is 6.58 Å². The summed E-state index contributed by atoms with van der Waals surface area (Å²) in [5.41, 5.74) is 11.0. The molecule has 0 aliphatic heterocycles. The lowest BCUT2D eigenvalue weighted by atomic mass is 10.1. The first-order chi connectivity index (χ1) is 12.0. The van der Waals surface area contributed by atoms with Crippen molar-refractivity contribution in [2.24, 2.45) is 10.7 Å². The van der Waals surface area contributed by atoms with Gasteiger partial charge in [0.25, 0.3) is 0 Å². The van der Waals surface area contributed by atoms with Crippen LogP contribution in [0.2, 0.25) is 0 Å². The van der Waals surface area contributed by atoms with Gasteiger partial charge in [-0.15, -0.1) is 0 Å². The van der Waals surface area contributed by atoms with E-state index in [1.54, 1.807) is 0 Å². The van der Waals surface area contributed by atoms with Gasteiger partial charge < -0.3 is 21.5 Å². The molecule has 2 aromatic rings. The summed E-state index contributed by atoms with van der Waals surface area (Å²) >= 11 is 0. The predicted molar refractivity (Wildman–Crippen MR) is 92.8 cm³/mol. The van der Waals surface area contributed by atoms with Crippen LogP contribution in [0.15, 0.2) is 48.5 Å². The molecule has 25 heavy (non-hydrogen) atoms. The lowest BCUT2D eigenvalue weighted by Gasteiger charge is -2.14. The van der Waals surface area contributed by atoms with Crippen molar-refractivity contribution >= 4 is 22.9 Å². The van der Waals surface area contributed by atoms with Gasteiger partial charge in [0.05, 0.1) is 12.8 Å². The molecule has 5 N–H and O–H groups in total. The minimum atomic E-state index is -0.915. The average molecular weight is 346 g/mol. The van der Waals surface area contributed by atoms with Gasteiger partial charge in [0, 0.05) is 24.0 Å². The molecule has 0 radical (unpaired) electrons. The fourth-order valence-electron chi connectivity index (χ4n) is 1.89. The third-order valence-corrected chi connectivity index (χ3v) is 3.09. The number of aliphatic imine (C=N–C) groups is 1. The number of hydrogen-bond acceptors (Lipinski definition) is 6. The van der Waals surface area contributed by atoms with E-state index >= 15 is 0 Å². The van der Waals surface area contributed by atoms with E-state index in [9.17, 15) is 8.78 Å². The fourth-order valence-corrected chi connectivity index (χ4v) is 1.89. The molecule has 9 heteroatoms. The zero-order valence-corrected chi connectivity index (χ0v) is 13.3. The van der Waals surface area contributed by atoms with Crippen LogP contribution in [0.3, 0.4) is 0 Å². The molecule has 0 spiro atoms. The van der Waals surface area contributed by atoms with Crippen LogP contribution in [0.4, 0.5) is 20.3 Å². The molecule has 0 saturated heterocycles. The standard InChI is InChI=1S/C16H16F2N6O/c1-9(11-7-13(20)23-8-22-11)16(21-6-5-19)24-15-10(17)3-4-12(25-2)14(15)18/h3-8H,1,19H2,2H3,(H,21,24)(H2,20,22,23)/b6-5-. The van der Waals surface area contributed by atoms with Crippen molar-refractivity contribution in [2.45, 2.75) is 0 Å². The summed E-state index contributed by atoms with van der Waals surface area (Å²) in [5.74, 6) is -1.65. The Morgan fingerprint density at radius 3 is 2.76 bits per heavy atom. The second kappa shape index (κ2) is 7.86. The molecule has 0 amide bonds. The molecule has 2 rings (SSSR count). The summed E-state index contributed by atoms with van der Waals surface area (Å²) < 4.78 is 33.2. The molecule has 0 aliphatic carbocycles. The maximum atomic E-state index is 14.3. The quantitative estimate of drug-likeness (QED) is 0.566. The summed E-state index contributed by atoms with van der Waals surface area (Å²) in [4.78, 5) is 11.8. The second-order valence-electron chi connectivity index (χ2n) is 4.69. The number of hydrogen-bond donors (Lipinski definition) is 3. The Morgan fingerprint density at radius 2 is 2.12 bits per heavy atom. The van der Waals surface area contributed by atoms with Gasteiger partial charge >= 0.3 is 0 Å². The van der Waals surface area contributed by atoms with Crippen LogP contribution >= 0.6 is 0 Å². The Hall–Kier alpha value is -3.49. The van der Waals surface area contributed by atoms with Crippen molar-refractivity contribution < 1.29 is 13.5 Å². The molecule has 1 heterocycles. The van der Waals surface area contributed by atoms with E-state index in [0.29, 0.717) is 5.69 Å². The SMILES string of the molecule is C=C(/C(=N\C=C/N)Nc1c(F)ccc(OC)c1F)c1cc(N)ncn1. The minimum absolute atomic E-state index is 0.0193. The zero-order valence-electron chi connectivity index (χ0n) is 13.3. The molecule has 1 aromatic carbocycles. The maximum Gasteiger partial charge on any atom is 0.191 e. The number of aromatic nitrogens is 2. The molecular weight excluding hydrogens is 330 g/mol. The highest BCUT2D eigenvalue weighted by atomic mass is 19.1. The number of nitrogens with zero attached hydrogens (tertiary/aromatic N) is 3. The normalized spacial score (nSPS) is 11.6. The summed E-state index contributed by atoms with van der Waals surface area (Å²) in [6.45, 7) is 3.83. The number of methoxy groups -OCH3 is 1. The van der Waals surface area contributed by atoms with Gasteiger partial charge in [-0.25, -0.2) is 23.7 Å².